The first-order valence-electron chi connectivity index (χ1n) is 5.52. The highest BCUT2D eigenvalue weighted by Gasteiger charge is 2.04. The van der Waals surface area contributed by atoms with Crippen LogP contribution in [0.4, 0.5) is 5.82 Å². The average Bonchev–Trinajstić information content (AvgIpc) is 2.79. The van der Waals surface area contributed by atoms with Gasteiger partial charge in [0.25, 0.3) is 0 Å². The van der Waals surface area contributed by atoms with Crippen molar-refractivity contribution in [1.29, 1.82) is 0 Å². The molecule has 0 atom stereocenters. The van der Waals surface area contributed by atoms with Crippen molar-refractivity contribution < 1.29 is 0 Å². The van der Waals surface area contributed by atoms with Crippen LogP contribution in [-0.4, -0.2) is 28.5 Å². The molecule has 0 amide bonds. The highest BCUT2D eigenvalue weighted by molar-refractivity contribution is 7.09. The third-order valence-corrected chi connectivity index (χ3v) is 3.39. The van der Waals surface area contributed by atoms with Crippen molar-refractivity contribution in [2.24, 2.45) is 0 Å². The van der Waals surface area contributed by atoms with E-state index in [4.69, 9.17) is 5.73 Å². The zero-order valence-electron chi connectivity index (χ0n) is 9.84. The molecule has 0 aromatic carbocycles. The van der Waals surface area contributed by atoms with Crippen molar-refractivity contribution in [1.82, 2.24) is 14.9 Å². The summed E-state index contributed by atoms with van der Waals surface area (Å²) in [5.41, 5.74) is 5.62. The molecule has 2 aromatic rings. The van der Waals surface area contributed by atoms with Crippen LogP contribution < -0.4 is 5.73 Å². The van der Waals surface area contributed by atoms with E-state index < -0.39 is 0 Å². The van der Waals surface area contributed by atoms with E-state index in [1.54, 1.807) is 23.6 Å². The Kier molecular flexibility index (Phi) is 4.06. The molecule has 0 radical (unpaired) electrons. The Balaban J connectivity index is 1.83. The zero-order chi connectivity index (χ0) is 12.1. The molecular weight excluding hydrogens is 232 g/mol. The van der Waals surface area contributed by atoms with E-state index in [0.29, 0.717) is 5.82 Å². The molecule has 0 aliphatic heterocycles. The monoisotopic (exact) mass is 248 g/mol. The Hall–Kier alpha value is -1.46. The Bertz CT molecular complexity index is 455. The maximum atomic E-state index is 5.62. The first-order chi connectivity index (χ1) is 8.24. The van der Waals surface area contributed by atoms with Gasteiger partial charge >= 0.3 is 0 Å². The minimum absolute atomic E-state index is 0.529. The molecule has 0 spiro atoms. The van der Waals surface area contributed by atoms with Crippen molar-refractivity contribution in [2.45, 2.75) is 13.0 Å². The van der Waals surface area contributed by atoms with Gasteiger partial charge in [-0.2, -0.15) is 0 Å². The maximum absolute atomic E-state index is 5.62. The molecule has 17 heavy (non-hydrogen) atoms. The fourth-order valence-corrected chi connectivity index (χ4v) is 2.27. The number of aromatic nitrogens is 2. The van der Waals surface area contributed by atoms with E-state index >= 15 is 0 Å². The van der Waals surface area contributed by atoms with Crippen LogP contribution >= 0.6 is 11.3 Å². The van der Waals surface area contributed by atoms with Gasteiger partial charge in [0, 0.05) is 17.6 Å². The number of anilines is 1. The fourth-order valence-electron chi connectivity index (χ4n) is 1.57. The molecule has 2 N–H and O–H groups in total. The van der Waals surface area contributed by atoms with Crippen LogP contribution in [0.25, 0.3) is 0 Å². The summed E-state index contributed by atoms with van der Waals surface area (Å²) < 4.78 is 0. The van der Waals surface area contributed by atoms with Crippen LogP contribution in [0, 0.1) is 0 Å². The number of nitrogens with zero attached hydrogens (tertiary/aromatic N) is 3. The first kappa shape index (κ1) is 12.0. The second-order valence-electron chi connectivity index (χ2n) is 3.96. The summed E-state index contributed by atoms with van der Waals surface area (Å²) in [6.45, 7) is 1.73. The van der Waals surface area contributed by atoms with Crippen molar-refractivity contribution >= 4 is 17.2 Å². The SMILES string of the molecule is CN(CCc1cccs1)Cc1nccc(N)n1. The highest BCUT2D eigenvalue weighted by Crippen LogP contribution is 2.10. The van der Waals surface area contributed by atoms with Crippen LogP contribution in [-0.2, 0) is 13.0 Å². The second kappa shape index (κ2) is 5.75. The first-order valence-corrected chi connectivity index (χ1v) is 6.40. The van der Waals surface area contributed by atoms with Gasteiger partial charge < -0.3 is 5.73 Å². The molecule has 0 saturated carbocycles. The summed E-state index contributed by atoms with van der Waals surface area (Å²) in [7, 11) is 2.07. The molecule has 5 heteroatoms. The Labute approximate surface area is 105 Å². The van der Waals surface area contributed by atoms with Gasteiger partial charge in [-0.3, -0.25) is 4.90 Å². The van der Waals surface area contributed by atoms with Gasteiger partial charge in [-0.05, 0) is 31.0 Å². The summed E-state index contributed by atoms with van der Waals surface area (Å²) in [6, 6.07) is 5.95. The van der Waals surface area contributed by atoms with E-state index in [1.165, 1.54) is 4.88 Å². The van der Waals surface area contributed by atoms with Gasteiger partial charge in [0.2, 0.25) is 0 Å². The van der Waals surface area contributed by atoms with Gasteiger partial charge in [0.15, 0.2) is 0 Å². The van der Waals surface area contributed by atoms with Crippen LogP contribution in [0.15, 0.2) is 29.8 Å². The molecule has 0 saturated heterocycles. The molecule has 0 fully saturated rings. The number of nitrogens with two attached hydrogens (primary N) is 1. The summed E-state index contributed by atoms with van der Waals surface area (Å²) in [5.74, 6) is 1.31. The lowest BCUT2D eigenvalue weighted by molar-refractivity contribution is 0.323. The third kappa shape index (κ3) is 3.80. The highest BCUT2D eigenvalue weighted by atomic mass is 32.1. The molecule has 0 unspecified atom stereocenters. The van der Waals surface area contributed by atoms with E-state index in [-0.39, 0.29) is 0 Å². The Morgan fingerprint density at radius 1 is 1.41 bits per heavy atom. The van der Waals surface area contributed by atoms with Gasteiger partial charge in [0.1, 0.15) is 11.6 Å². The smallest absolute Gasteiger partial charge is 0.144 e. The van der Waals surface area contributed by atoms with Gasteiger partial charge in [-0.1, -0.05) is 6.07 Å². The molecule has 0 bridgehead atoms. The lowest BCUT2D eigenvalue weighted by Crippen LogP contribution is -2.22. The molecule has 90 valence electrons. The van der Waals surface area contributed by atoms with Crippen molar-refractivity contribution in [2.75, 3.05) is 19.3 Å². The summed E-state index contributed by atoms with van der Waals surface area (Å²) >= 11 is 1.80. The van der Waals surface area contributed by atoms with Gasteiger partial charge in [-0.25, -0.2) is 9.97 Å². The minimum atomic E-state index is 0.529. The topological polar surface area (TPSA) is 55.0 Å². The number of thiophene rings is 1. The molecular formula is C12H16N4S. The molecule has 4 nitrogen and oxygen atoms in total. The number of hydrogen-bond donors (Lipinski definition) is 1. The predicted molar refractivity (Wildman–Crippen MR) is 70.8 cm³/mol. The lowest BCUT2D eigenvalue weighted by Gasteiger charge is -2.14. The fraction of sp³-hybridized carbons (Fsp3) is 0.333. The number of hydrogen-bond acceptors (Lipinski definition) is 5. The lowest BCUT2D eigenvalue weighted by atomic mass is 10.3. The third-order valence-electron chi connectivity index (χ3n) is 2.46. The Morgan fingerprint density at radius 3 is 3.00 bits per heavy atom. The number of rotatable bonds is 5. The van der Waals surface area contributed by atoms with Gasteiger partial charge in [-0.15, -0.1) is 11.3 Å². The molecule has 2 heterocycles. The van der Waals surface area contributed by atoms with E-state index in [9.17, 15) is 0 Å². The maximum Gasteiger partial charge on any atom is 0.144 e. The molecule has 2 rings (SSSR count). The minimum Gasteiger partial charge on any atom is -0.384 e. The normalized spacial score (nSPS) is 10.9. The standard InChI is InChI=1S/C12H16N4S/c1-16(7-5-10-3-2-8-17-10)9-12-14-6-4-11(13)15-12/h2-4,6,8H,5,7,9H2,1H3,(H2,13,14,15). The average molecular weight is 248 g/mol. The van der Waals surface area contributed by atoms with Crippen molar-refractivity contribution in [3.05, 3.63) is 40.5 Å². The molecule has 0 aliphatic rings. The quantitative estimate of drug-likeness (QED) is 0.876. The second-order valence-corrected chi connectivity index (χ2v) is 5.00. The summed E-state index contributed by atoms with van der Waals surface area (Å²) in [4.78, 5) is 12.0. The number of likely N-dealkylation sites (N-methyl/N-ethyl adjacent to an activating group) is 1. The molecule has 2 aromatic heterocycles. The largest absolute Gasteiger partial charge is 0.384 e. The van der Waals surface area contributed by atoms with Crippen LogP contribution in [0.5, 0.6) is 0 Å². The molecule has 0 aliphatic carbocycles. The Morgan fingerprint density at radius 2 is 2.29 bits per heavy atom. The van der Waals surface area contributed by atoms with E-state index in [0.717, 1.165) is 25.3 Å². The van der Waals surface area contributed by atoms with E-state index in [1.807, 2.05) is 0 Å². The van der Waals surface area contributed by atoms with Gasteiger partial charge in [0.05, 0.1) is 6.54 Å². The summed E-state index contributed by atoms with van der Waals surface area (Å²) in [5, 5.41) is 2.11. The van der Waals surface area contributed by atoms with Crippen LogP contribution in [0.3, 0.4) is 0 Å². The zero-order valence-corrected chi connectivity index (χ0v) is 10.7. The van der Waals surface area contributed by atoms with E-state index in [2.05, 4.69) is 39.4 Å². The van der Waals surface area contributed by atoms with Crippen molar-refractivity contribution in [3.8, 4) is 0 Å². The van der Waals surface area contributed by atoms with Crippen LogP contribution in [0.1, 0.15) is 10.7 Å². The number of nitrogen functional groups attached to an aromatic ring is 1. The van der Waals surface area contributed by atoms with Crippen LogP contribution in [0.2, 0.25) is 0 Å². The summed E-state index contributed by atoms with van der Waals surface area (Å²) in [6.07, 6.45) is 2.77. The van der Waals surface area contributed by atoms with Crippen molar-refractivity contribution in [3.63, 3.8) is 0 Å². The predicted octanol–water partition coefficient (Wildman–Crippen LogP) is 1.79.